The summed E-state index contributed by atoms with van der Waals surface area (Å²) in [5, 5.41) is 4.90. The van der Waals surface area contributed by atoms with Gasteiger partial charge in [0.25, 0.3) is 0 Å². The Bertz CT molecular complexity index is 825. The molecule has 0 N–H and O–H groups in total. The van der Waals surface area contributed by atoms with Gasteiger partial charge in [0.15, 0.2) is 0 Å². The van der Waals surface area contributed by atoms with Crippen molar-refractivity contribution in [2.24, 2.45) is 5.16 Å². The van der Waals surface area contributed by atoms with Crippen molar-refractivity contribution < 1.29 is 9.63 Å². The van der Waals surface area contributed by atoms with Crippen LogP contribution in [-0.2, 0) is 9.63 Å². The van der Waals surface area contributed by atoms with Crippen LogP contribution < -0.4 is 0 Å². The van der Waals surface area contributed by atoms with Gasteiger partial charge in [-0.1, -0.05) is 58.7 Å². The summed E-state index contributed by atoms with van der Waals surface area (Å²) < 4.78 is 0. The fourth-order valence-electron chi connectivity index (χ4n) is 2.22. The number of nitrogens with zero attached hydrogens (tertiary/aromatic N) is 1. The van der Waals surface area contributed by atoms with Crippen molar-refractivity contribution in [2.75, 3.05) is 0 Å². The molecule has 2 aromatic rings. The fourth-order valence-corrected chi connectivity index (χ4v) is 2.68. The van der Waals surface area contributed by atoms with E-state index in [2.05, 4.69) is 5.16 Å². The fraction of sp³-hybridized carbons (Fsp3) is 0.0588. The summed E-state index contributed by atoms with van der Waals surface area (Å²) in [4.78, 5) is 16.8. The molecule has 2 aromatic carbocycles. The average Bonchev–Trinajstić information content (AvgIpc) is 2.84. The number of carbonyl (C=O) groups is 1. The lowest BCUT2D eigenvalue weighted by Gasteiger charge is -2.05. The number of benzene rings is 2. The summed E-state index contributed by atoms with van der Waals surface area (Å²) in [7, 11) is 0. The van der Waals surface area contributed by atoms with Crippen molar-refractivity contribution >= 4 is 41.0 Å². The highest BCUT2D eigenvalue weighted by atomic mass is 35.5. The zero-order valence-corrected chi connectivity index (χ0v) is 13.2. The smallest absolute Gasteiger partial charge is 0.312 e. The van der Waals surface area contributed by atoms with E-state index in [4.69, 9.17) is 28.0 Å². The van der Waals surface area contributed by atoms with E-state index in [-0.39, 0.29) is 0 Å². The summed E-state index contributed by atoms with van der Waals surface area (Å²) in [6.07, 6.45) is 1.67. The number of carbonyl (C=O) groups excluding carboxylic acids is 1. The Labute approximate surface area is 137 Å². The first-order valence-corrected chi connectivity index (χ1v) is 7.34. The minimum absolute atomic E-state index is 0.374. The lowest BCUT2D eigenvalue weighted by atomic mass is 9.97. The normalized spacial score (nSPS) is 15.9. The molecule has 0 saturated carbocycles. The third kappa shape index (κ3) is 2.78. The minimum atomic E-state index is -0.496. The third-order valence-corrected chi connectivity index (χ3v) is 3.92. The van der Waals surface area contributed by atoms with Crippen molar-refractivity contribution in [3.63, 3.8) is 0 Å². The molecule has 0 aliphatic carbocycles. The molecule has 3 rings (SSSR count). The summed E-state index contributed by atoms with van der Waals surface area (Å²) in [6.45, 7) is 1.95. The van der Waals surface area contributed by atoms with Crippen LogP contribution in [0.5, 0.6) is 0 Å². The molecule has 0 fully saturated rings. The summed E-state index contributed by atoms with van der Waals surface area (Å²) >= 11 is 12.0. The monoisotopic (exact) mass is 331 g/mol. The van der Waals surface area contributed by atoms with E-state index in [1.807, 2.05) is 31.2 Å². The Morgan fingerprint density at radius 3 is 2.64 bits per heavy atom. The highest BCUT2D eigenvalue weighted by Crippen LogP contribution is 2.27. The first-order chi connectivity index (χ1) is 10.6. The van der Waals surface area contributed by atoms with Gasteiger partial charge in [-0.3, -0.25) is 0 Å². The molecule has 0 spiro atoms. The summed E-state index contributed by atoms with van der Waals surface area (Å²) in [5.74, 6) is -0.496. The van der Waals surface area contributed by atoms with Crippen LogP contribution >= 0.6 is 23.2 Å². The SMILES string of the molecule is Cc1ccccc1C1=NOC(=O)/C1=C/c1ccc(Cl)cc1Cl. The zero-order valence-electron chi connectivity index (χ0n) is 11.6. The average molecular weight is 332 g/mol. The number of rotatable bonds is 2. The van der Waals surface area contributed by atoms with Crippen LogP contribution in [0.25, 0.3) is 6.08 Å². The molecule has 1 heterocycles. The van der Waals surface area contributed by atoms with Crippen LogP contribution in [-0.4, -0.2) is 11.7 Å². The molecule has 0 unspecified atom stereocenters. The number of oxime groups is 1. The summed E-state index contributed by atoms with van der Waals surface area (Å²) in [5.41, 5.74) is 3.42. The van der Waals surface area contributed by atoms with Crippen molar-refractivity contribution in [2.45, 2.75) is 6.92 Å². The van der Waals surface area contributed by atoms with Gasteiger partial charge >= 0.3 is 5.97 Å². The van der Waals surface area contributed by atoms with Gasteiger partial charge in [-0.05, 0) is 36.3 Å². The standard InChI is InChI=1S/C17H11Cl2NO2/c1-10-4-2-3-5-13(10)16-14(17(21)22-20-16)8-11-6-7-12(18)9-15(11)19/h2-9H,1H3/b14-8+. The molecule has 0 aromatic heterocycles. The van der Waals surface area contributed by atoms with E-state index >= 15 is 0 Å². The van der Waals surface area contributed by atoms with Crippen LogP contribution in [0.4, 0.5) is 0 Å². The Kier molecular flexibility index (Phi) is 4.01. The maximum Gasteiger partial charge on any atom is 0.368 e. The van der Waals surface area contributed by atoms with Crippen molar-refractivity contribution in [1.82, 2.24) is 0 Å². The molecule has 0 bridgehead atoms. The Balaban J connectivity index is 2.08. The van der Waals surface area contributed by atoms with Crippen molar-refractivity contribution in [3.8, 4) is 0 Å². The predicted octanol–water partition coefficient (Wildman–Crippen LogP) is 4.65. The highest BCUT2D eigenvalue weighted by molar-refractivity contribution is 6.36. The molecule has 1 aliphatic rings. The molecule has 5 heteroatoms. The van der Waals surface area contributed by atoms with E-state index in [0.29, 0.717) is 26.9 Å². The molecule has 0 amide bonds. The van der Waals surface area contributed by atoms with Gasteiger partial charge in [-0.25, -0.2) is 4.79 Å². The summed E-state index contributed by atoms with van der Waals surface area (Å²) in [6, 6.07) is 12.8. The molecule has 3 nitrogen and oxygen atoms in total. The van der Waals surface area contributed by atoms with Crippen molar-refractivity contribution in [3.05, 3.63) is 74.8 Å². The quantitative estimate of drug-likeness (QED) is 0.593. The number of hydrogen-bond acceptors (Lipinski definition) is 3. The lowest BCUT2D eigenvalue weighted by molar-refractivity contribution is -0.136. The number of aryl methyl sites for hydroxylation is 1. The Morgan fingerprint density at radius 2 is 1.91 bits per heavy atom. The lowest BCUT2D eigenvalue weighted by Crippen LogP contribution is -2.08. The second-order valence-electron chi connectivity index (χ2n) is 4.86. The number of hydrogen-bond donors (Lipinski definition) is 0. The molecule has 0 saturated heterocycles. The van der Waals surface area contributed by atoms with Gasteiger partial charge in [0.1, 0.15) is 5.71 Å². The Morgan fingerprint density at radius 1 is 1.14 bits per heavy atom. The van der Waals surface area contributed by atoms with E-state index in [9.17, 15) is 4.79 Å². The molecule has 110 valence electrons. The van der Waals surface area contributed by atoms with Gasteiger partial charge in [0.05, 0.1) is 5.57 Å². The van der Waals surface area contributed by atoms with Crippen LogP contribution in [0.15, 0.2) is 53.2 Å². The molecule has 1 aliphatic heterocycles. The maximum absolute atomic E-state index is 12.0. The molecular weight excluding hydrogens is 321 g/mol. The van der Waals surface area contributed by atoms with Gasteiger partial charge in [0, 0.05) is 15.6 Å². The van der Waals surface area contributed by atoms with Crippen LogP contribution in [0.3, 0.4) is 0 Å². The van der Waals surface area contributed by atoms with E-state index in [0.717, 1.165) is 11.1 Å². The van der Waals surface area contributed by atoms with Crippen LogP contribution in [0.1, 0.15) is 16.7 Å². The predicted molar refractivity (Wildman–Crippen MR) is 88.2 cm³/mol. The topological polar surface area (TPSA) is 38.7 Å². The van der Waals surface area contributed by atoms with Gasteiger partial charge in [-0.15, -0.1) is 0 Å². The molecule has 22 heavy (non-hydrogen) atoms. The van der Waals surface area contributed by atoms with Crippen LogP contribution in [0, 0.1) is 6.92 Å². The largest absolute Gasteiger partial charge is 0.368 e. The molecule has 0 atom stereocenters. The van der Waals surface area contributed by atoms with E-state index in [1.165, 1.54) is 0 Å². The minimum Gasteiger partial charge on any atom is -0.312 e. The number of halogens is 2. The van der Waals surface area contributed by atoms with E-state index in [1.54, 1.807) is 24.3 Å². The first-order valence-electron chi connectivity index (χ1n) is 6.59. The van der Waals surface area contributed by atoms with Crippen LogP contribution in [0.2, 0.25) is 10.0 Å². The zero-order chi connectivity index (χ0) is 15.7. The first kappa shape index (κ1) is 14.8. The molecule has 0 radical (unpaired) electrons. The highest BCUT2D eigenvalue weighted by Gasteiger charge is 2.27. The van der Waals surface area contributed by atoms with Crippen molar-refractivity contribution in [1.29, 1.82) is 0 Å². The Hall–Kier alpha value is -2.10. The maximum atomic E-state index is 12.0. The third-order valence-electron chi connectivity index (χ3n) is 3.36. The van der Waals surface area contributed by atoms with E-state index < -0.39 is 5.97 Å². The van der Waals surface area contributed by atoms with Gasteiger partial charge in [0.2, 0.25) is 0 Å². The van der Waals surface area contributed by atoms with Gasteiger partial charge in [-0.2, -0.15) is 0 Å². The van der Waals surface area contributed by atoms with Gasteiger partial charge < -0.3 is 4.84 Å². The second kappa shape index (κ2) is 5.95. The molecular formula is C17H11Cl2NO2. The second-order valence-corrected chi connectivity index (χ2v) is 5.70.